The number of rotatable bonds is 2. The van der Waals surface area contributed by atoms with Gasteiger partial charge in [0.1, 0.15) is 5.75 Å². The van der Waals surface area contributed by atoms with E-state index in [1.807, 2.05) is 0 Å². The van der Waals surface area contributed by atoms with Crippen LogP contribution in [0.1, 0.15) is 44.1 Å². The highest BCUT2D eigenvalue weighted by atomic mass is 16.5. The maximum Gasteiger partial charge on any atom is 0.168 e. The third-order valence-electron chi connectivity index (χ3n) is 4.62. The zero-order chi connectivity index (χ0) is 14.0. The maximum atomic E-state index is 10.4. The summed E-state index contributed by atoms with van der Waals surface area (Å²) in [7, 11) is 0. The number of aromatic hydroxyl groups is 1. The summed E-state index contributed by atoms with van der Waals surface area (Å²) < 4.78 is 11.6. The number of hydrogen-bond donors (Lipinski definition) is 2. The fraction of sp³-hybridized carbons (Fsp3) is 0.625. The van der Waals surface area contributed by atoms with E-state index in [1.54, 1.807) is 12.1 Å². The van der Waals surface area contributed by atoms with E-state index in [0.29, 0.717) is 25.5 Å². The Morgan fingerprint density at radius 3 is 2.55 bits per heavy atom. The van der Waals surface area contributed by atoms with Crippen LogP contribution in [0.4, 0.5) is 0 Å². The summed E-state index contributed by atoms with van der Waals surface area (Å²) in [6.07, 6.45) is 6.44. The van der Waals surface area contributed by atoms with E-state index in [-0.39, 0.29) is 5.41 Å². The number of nitrogens with two attached hydrogens (primary N) is 1. The molecule has 0 saturated heterocycles. The Morgan fingerprint density at radius 1 is 1.05 bits per heavy atom. The Morgan fingerprint density at radius 2 is 1.80 bits per heavy atom. The summed E-state index contributed by atoms with van der Waals surface area (Å²) in [5.41, 5.74) is 6.81. The average Bonchev–Trinajstić information content (AvgIpc) is 2.73. The second-order valence-corrected chi connectivity index (χ2v) is 5.88. The Bertz CT molecular complexity index is 481. The second kappa shape index (κ2) is 5.52. The first-order chi connectivity index (χ1) is 9.77. The van der Waals surface area contributed by atoms with E-state index in [4.69, 9.17) is 15.2 Å². The monoisotopic (exact) mass is 277 g/mol. The average molecular weight is 277 g/mol. The second-order valence-electron chi connectivity index (χ2n) is 5.88. The molecule has 0 unspecified atom stereocenters. The fourth-order valence-corrected chi connectivity index (χ4v) is 3.52. The number of phenols is 1. The molecule has 0 spiro atoms. The zero-order valence-corrected chi connectivity index (χ0v) is 11.9. The smallest absolute Gasteiger partial charge is 0.168 e. The number of phenolic OH excluding ortho intramolecular Hbond substituents is 1. The van der Waals surface area contributed by atoms with Gasteiger partial charge in [0.25, 0.3) is 0 Å². The van der Waals surface area contributed by atoms with Crippen LogP contribution in [-0.2, 0) is 5.41 Å². The highest BCUT2D eigenvalue weighted by molar-refractivity contribution is 5.57. The summed E-state index contributed by atoms with van der Waals surface area (Å²) in [5.74, 6) is 1.75. The highest BCUT2D eigenvalue weighted by Gasteiger charge is 2.39. The molecule has 1 heterocycles. The molecule has 0 amide bonds. The molecule has 1 aliphatic heterocycles. The molecule has 0 radical (unpaired) electrons. The number of fused-ring (bicyclic) bond motifs is 1. The predicted octanol–water partition coefficient (Wildman–Crippen LogP) is 2.71. The van der Waals surface area contributed by atoms with Gasteiger partial charge in [-0.05, 0) is 25.0 Å². The summed E-state index contributed by atoms with van der Waals surface area (Å²) >= 11 is 0. The van der Waals surface area contributed by atoms with Gasteiger partial charge in [0.05, 0.1) is 13.2 Å². The van der Waals surface area contributed by atoms with Crippen LogP contribution in [0, 0.1) is 0 Å². The third-order valence-corrected chi connectivity index (χ3v) is 4.62. The summed E-state index contributed by atoms with van der Waals surface area (Å²) in [6, 6.07) is 3.52. The quantitative estimate of drug-likeness (QED) is 0.872. The van der Waals surface area contributed by atoms with Gasteiger partial charge < -0.3 is 20.3 Å². The molecule has 1 aliphatic carbocycles. The molecule has 1 aromatic carbocycles. The van der Waals surface area contributed by atoms with Crippen molar-refractivity contribution in [2.75, 3.05) is 19.8 Å². The van der Waals surface area contributed by atoms with Crippen molar-refractivity contribution in [3.05, 3.63) is 17.7 Å². The minimum atomic E-state index is -0.165. The zero-order valence-electron chi connectivity index (χ0n) is 11.9. The van der Waals surface area contributed by atoms with Crippen LogP contribution in [0.15, 0.2) is 12.1 Å². The van der Waals surface area contributed by atoms with Gasteiger partial charge in [-0.25, -0.2) is 0 Å². The first-order valence-corrected chi connectivity index (χ1v) is 7.59. The molecular formula is C16H23NO3. The molecule has 4 nitrogen and oxygen atoms in total. The molecule has 0 bridgehead atoms. The lowest BCUT2D eigenvalue weighted by Crippen LogP contribution is -2.37. The van der Waals surface area contributed by atoms with Gasteiger partial charge >= 0.3 is 0 Å². The number of benzene rings is 1. The molecule has 2 aliphatic rings. The van der Waals surface area contributed by atoms with E-state index >= 15 is 0 Å². The Hall–Kier alpha value is -1.42. The lowest BCUT2D eigenvalue weighted by atomic mass is 9.68. The SMILES string of the molecule is NCC1(c2c(O)ccc3c2OCCCO3)CCCCC1. The normalized spacial score (nSPS) is 21.2. The highest BCUT2D eigenvalue weighted by Crippen LogP contribution is 2.50. The van der Waals surface area contributed by atoms with Crippen molar-refractivity contribution < 1.29 is 14.6 Å². The minimum absolute atomic E-state index is 0.165. The largest absolute Gasteiger partial charge is 0.508 e. The summed E-state index contributed by atoms with van der Waals surface area (Å²) in [5, 5.41) is 10.4. The maximum absolute atomic E-state index is 10.4. The van der Waals surface area contributed by atoms with E-state index in [9.17, 15) is 5.11 Å². The van der Waals surface area contributed by atoms with E-state index < -0.39 is 0 Å². The fourth-order valence-electron chi connectivity index (χ4n) is 3.52. The van der Waals surface area contributed by atoms with Crippen molar-refractivity contribution in [2.45, 2.75) is 43.9 Å². The molecule has 1 fully saturated rings. The lowest BCUT2D eigenvalue weighted by Gasteiger charge is -2.38. The van der Waals surface area contributed by atoms with Crippen molar-refractivity contribution in [2.24, 2.45) is 5.73 Å². The third kappa shape index (κ3) is 2.22. The van der Waals surface area contributed by atoms with Crippen LogP contribution in [0.2, 0.25) is 0 Å². The molecule has 3 rings (SSSR count). The van der Waals surface area contributed by atoms with Gasteiger partial charge in [-0.1, -0.05) is 19.3 Å². The van der Waals surface area contributed by atoms with Gasteiger partial charge in [0.15, 0.2) is 11.5 Å². The van der Waals surface area contributed by atoms with Crippen LogP contribution in [0.3, 0.4) is 0 Å². The lowest BCUT2D eigenvalue weighted by molar-refractivity contribution is 0.263. The summed E-state index contributed by atoms with van der Waals surface area (Å²) in [4.78, 5) is 0. The van der Waals surface area contributed by atoms with Crippen LogP contribution in [0.5, 0.6) is 17.2 Å². The topological polar surface area (TPSA) is 64.7 Å². The Labute approximate surface area is 119 Å². The standard InChI is InChI=1S/C16H23NO3/c17-11-16(7-2-1-3-8-16)14-12(18)5-6-13-15(14)20-10-4-9-19-13/h5-6,18H,1-4,7-11,17H2. The summed E-state index contributed by atoms with van der Waals surface area (Å²) in [6.45, 7) is 1.83. The van der Waals surface area contributed by atoms with Crippen LogP contribution < -0.4 is 15.2 Å². The van der Waals surface area contributed by atoms with E-state index in [2.05, 4.69) is 0 Å². The predicted molar refractivity (Wildman–Crippen MR) is 77.5 cm³/mol. The molecule has 3 N–H and O–H groups in total. The molecule has 20 heavy (non-hydrogen) atoms. The van der Waals surface area contributed by atoms with Crippen LogP contribution >= 0.6 is 0 Å². The molecule has 110 valence electrons. The minimum Gasteiger partial charge on any atom is -0.508 e. The molecule has 4 heteroatoms. The van der Waals surface area contributed by atoms with Gasteiger partial charge in [-0.3, -0.25) is 0 Å². The Kier molecular flexibility index (Phi) is 3.74. The van der Waals surface area contributed by atoms with E-state index in [0.717, 1.165) is 49.2 Å². The molecule has 0 aromatic heterocycles. The molecule has 1 aromatic rings. The van der Waals surface area contributed by atoms with Gasteiger partial charge in [0, 0.05) is 23.9 Å². The first kappa shape index (κ1) is 13.6. The van der Waals surface area contributed by atoms with Crippen LogP contribution in [-0.4, -0.2) is 24.9 Å². The van der Waals surface area contributed by atoms with Gasteiger partial charge in [-0.15, -0.1) is 0 Å². The van der Waals surface area contributed by atoms with Crippen molar-refractivity contribution in [1.82, 2.24) is 0 Å². The Balaban J connectivity index is 2.11. The van der Waals surface area contributed by atoms with E-state index in [1.165, 1.54) is 6.42 Å². The van der Waals surface area contributed by atoms with Crippen molar-refractivity contribution in [3.8, 4) is 17.2 Å². The number of hydrogen-bond acceptors (Lipinski definition) is 4. The van der Waals surface area contributed by atoms with Crippen LogP contribution in [0.25, 0.3) is 0 Å². The van der Waals surface area contributed by atoms with Crippen molar-refractivity contribution in [3.63, 3.8) is 0 Å². The molecule has 0 atom stereocenters. The van der Waals surface area contributed by atoms with Crippen molar-refractivity contribution in [1.29, 1.82) is 0 Å². The van der Waals surface area contributed by atoms with Gasteiger partial charge in [-0.2, -0.15) is 0 Å². The molecular weight excluding hydrogens is 254 g/mol. The first-order valence-electron chi connectivity index (χ1n) is 7.59. The molecule has 1 saturated carbocycles. The number of ether oxygens (including phenoxy) is 2. The van der Waals surface area contributed by atoms with Gasteiger partial charge in [0.2, 0.25) is 0 Å². The van der Waals surface area contributed by atoms with Crippen molar-refractivity contribution >= 4 is 0 Å².